The van der Waals surface area contributed by atoms with Gasteiger partial charge < -0.3 is 4.74 Å². The van der Waals surface area contributed by atoms with Crippen LogP contribution in [0.1, 0.15) is 6.42 Å². The summed E-state index contributed by atoms with van der Waals surface area (Å²) in [5.74, 6) is 2.48. The van der Waals surface area contributed by atoms with Crippen molar-refractivity contribution in [1.29, 1.82) is 0 Å². The van der Waals surface area contributed by atoms with Gasteiger partial charge in [-0.3, -0.25) is 0 Å². The lowest BCUT2D eigenvalue weighted by molar-refractivity contribution is -0.0121. The van der Waals surface area contributed by atoms with Crippen LogP contribution < -0.4 is 0 Å². The molecule has 0 saturated carbocycles. The average molecular weight is 82.1 g/mol. The van der Waals surface area contributed by atoms with Gasteiger partial charge in [-0.1, -0.05) is 5.92 Å². The van der Waals surface area contributed by atoms with Crippen molar-refractivity contribution in [3.8, 4) is 12.3 Å². The molecule has 1 aliphatic heterocycles. The van der Waals surface area contributed by atoms with Crippen LogP contribution in [0.4, 0.5) is 0 Å². The molecule has 1 saturated heterocycles. The molecule has 0 bridgehead atoms. The predicted octanol–water partition coefficient (Wildman–Crippen LogP) is 0.408. The third-order valence-corrected chi connectivity index (χ3v) is 0.885. The Kier molecular flexibility index (Phi) is 0.813. The molecule has 0 unspecified atom stereocenters. The van der Waals surface area contributed by atoms with Crippen molar-refractivity contribution >= 4 is 0 Å². The molecule has 1 fully saturated rings. The van der Waals surface area contributed by atoms with E-state index in [0.29, 0.717) is 0 Å². The minimum Gasteiger partial charge on any atom is -0.365 e. The van der Waals surface area contributed by atoms with Gasteiger partial charge in [-0.2, -0.15) is 0 Å². The van der Waals surface area contributed by atoms with Crippen molar-refractivity contribution in [2.75, 3.05) is 6.61 Å². The Bertz CT molecular complexity index is 76.4. The Labute approximate surface area is 37.3 Å². The summed E-state index contributed by atoms with van der Waals surface area (Å²) in [5.41, 5.74) is 0. The summed E-state index contributed by atoms with van der Waals surface area (Å²) in [6, 6.07) is 0. The van der Waals surface area contributed by atoms with E-state index in [1.165, 1.54) is 0 Å². The first-order chi connectivity index (χ1) is 2.93. The van der Waals surface area contributed by atoms with Gasteiger partial charge in [0.2, 0.25) is 0 Å². The van der Waals surface area contributed by atoms with Gasteiger partial charge in [-0.25, -0.2) is 0 Å². The molecule has 1 heterocycles. The second kappa shape index (κ2) is 1.32. The first-order valence-electron chi connectivity index (χ1n) is 2.01. The highest BCUT2D eigenvalue weighted by atomic mass is 16.5. The van der Waals surface area contributed by atoms with Crippen LogP contribution in [-0.2, 0) is 4.74 Å². The lowest BCUT2D eigenvalue weighted by atomic mass is 10.2. The van der Waals surface area contributed by atoms with E-state index in [1.807, 2.05) is 0 Å². The quantitative estimate of drug-likeness (QED) is 0.384. The molecule has 1 heteroatoms. The maximum atomic E-state index is 4.96. The standard InChI is InChI=1S/C5H6O/c1-2-5-3-4-6-5/h1,5H,3-4H2/t5-/m0/s1. The lowest BCUT2D eigenvalue weighted by Crippen LogP contribution is -2.24. The van der Waals surface area contributed by atoms with Crippen LogP contribution in [0.2, 0.25) is 0 Å². The van der Waals surface area contributed by atoms with E-state index >= 15 is 0 Å². The van der Waals surface area contributed by atoms with Crippen molar-refractivity contribution in [3.63, 3.8) is 0 Å². The summed E-state index contributed by atoms with van der Waals surface area (Å²) in [5, 5.41) is 0. The third kappa shape index (κ3) is 0.395. The second-order valence-corrected chi connectivity index (χ2v) is 1.31. The Balaban J connectivity index is 2.22. The van der Waals surface area contributed by atoms with E-state index < -0.39 is 0 Å². The zero-order valence-corrected chi connectivity index (χ0v) is 3.48. The molecule has 1 aliphatic rings. The fourth-order valence-electron chi connectivity index (χ4n) is 0.367. The average Bonchev–Trinajstić information content (AvgIpc) is 1.31. The van der Waals surface area contributed by atoms with E-state index in [4.69, 9.17) is 11.2 Å². The summed E-state index contributed by atoms with van der Waals surface area (Å²) in [7, 11) is 0. The first kappa shape index (κ1) is 3.70. The van der Waals surface area contributed by atoms with Gasteiger partial charge >= 0.3 is 0 Å². The SMILES string of the molecule is C#C[C@H]1CCO1. The van der Waals surface area contributed by atoms with Gasteiger partial charge in [0.25, 0.3) is 0 Å². The summed E-state index contributed by atoms with van der Waals surface area (Å²) < 4.78 is 4.84. The van der Waals surface area contributed by atoms with Gasteiger partial charge in [0.05, 0.1) is 6.61 Å². The van der Waals surface area contributed by atoms with Crippen LogP contribution in [0, 0.1) is 12.3 Å². The summed E-state index contributed by atoms with van der Waals surface area (Å²) in [6.45, 7) is 0.856. The molecule has 0 aromatic heterocycles. The maximum absolute atomic E-state index is 4.96. The lowest BCUT2D eigenvalue weighted by Gasteiger charge is -2.19. The largest absolute Gasteiger partial charge is 0.365 e. The summed E-state index contributed by atoms with van der Waals surface area (Å²) in [6.07, 6.45) is 6.15. The highest BCUT2D eigenvalue weighted by Gasteiger charge is 2.12. The van der Waals surface area contributed by atoms with Crippen LogP contribution in [0.5, 0.6) is 0 Å². The Morgan fingerprint density at radius 2 is 2.50 bits per heavy atom. The highest BCUT2D eigenvalue weighted by molar-refractivity contribution is 4.97. The number of terminal acetylenes is 1. The van der Waals surface area contributed by atoms with Crippen LogP contribution in [0.3, 0.4) is 0 Å². The molecule has 0 radical (unpaired) electrons. The monoisotopic (exact) mass is 82.0 g/mol. The highest BCUT2D eigenvalue weighted by Crippen LogP contribution is 2.07. The molecule has 6 heavy (non-hydrogen) atoms. The molecular weight excluding hydrogens is 76.1 g/mol. The minimum atomic E-state index is 0.144. The van der Waals surface area contributed by atoms with E-state index in [0.717, 1.165) is 13.0 Å². The zero-order chi connectivity index (χ0) is 4.41. The normalized spacial score (nSPS) is 30.8. The Morgan fingerprint density at radius 1 is 1.83 bits per heavy atom. The third-order valence-electron chi connectivity index (χ3n) is 0.885. The van der Waals surface area contributed by atoms with Gasteiger partial charge in [0, 0.05) is 6.42 Å². The fraction of sp³-hybridized carbons (Fsp3) is 0.600. The van der Waals surface area contributed by atoms with Crippen molar-refractivity contribution in [2.45, 2.75) is 12.5 Å². The van der Waals surface area contributed by atoms with Crippen molar-refractivity contribution in [1.82, 2.24) is 0 Å². The number of hydrogen-bond acceptors (Lipinski definition) is 1. The van der Waals surface area contributed by atoms with E-state index in [1.54, 1.807) is 0 Å². The van der Waals surface area contributed by atoms with Crippen molar-refractivity contribution in [3.05, 3.63) is 0 Å². The summed E-state index contributed by atoms with van der Waals surface area (Å²) in [4.78, 5) is 0. The molecular formula is C5H6O. The molecule has 0 N–H and O–H groups in total. The van der Waals surface area contributed by atoms with Crippen LogP contribution in [0.25, 0.3) is 0 Å². The number of ether oxygens (including phenoxy) is 1. The van der Waals surface area contributed by atoms with Gasteiger partial charge in [0.15, 0.2) is 0 Å². The molecule has 1 rings (SSSR count). The molecule has 1 atom stereocenters. The van der Waals surface area contributed by atoms with E-state index in [2.05, 4.69) is 5.92 Å². The topological polar surface area (TPSA) is 9.23 Å². The van der Waals surface area contributed by atoms with Gasteiger partial charge in [-0.15, -0.1) is 6.42 Å². The van der Waals surface area contributed by atoms with Gasteiger partial charge in [-0.05, 0) is 0 Å². The molecule has 0 aromatic carbocycles. The van der Waals surface area contributed by atoms with Crippen molar-refractivity contribution < 1.29 is 4.74 Å². The maximum Gasteiger partial charge on any atom is 0.120 e. The fourth-order valence-corrected chi connectivity index (χ4v) is 0.367. The van der Waals surface area contributed by atoms with Crippen LogP contribution in [-0.4, -0.2) is 12.7 Å². The zero-order valence-electron chi connectivity index (χ0n) is 3.48. The molecule has 32 valence electrons. The van der Waals surface area contributed by atoms with E-state index in [9.17, 15) is 0 Å². The molecule has 0 aromatic rings. The van der Waals surface area contributed by atoms with Crippen LogP contribution >= 0.6 is 0 Å². The first-order valence-corrected chi connectivity index (χ1v) is 2.01. The second-order valence-electron chi connectivity index (χ2n) is 1.31. The number of hydrogen-bond donors (Lipinski definition) is 0. The van der Waals surface area contributed by atoms with Crippen LogP contribution in [0.15, 0.2) is 0 Å². The molecule has 1 nitrogen and oxygen atoms in total. The Morgan fingerprint density at radius 3 is 2.50 bits per heavy atom. The van der Waals surface area contributed by atoms with E-state index in [-0.39, 0.29) is 6.10 Å². The van der Waals surface area contributed by atoms with Crippen molar-refractivity contribution in [2.24, 2.45) is 0 Å². The smallest absolute Gasteiger partial charge is 0.120 e. The predicted molar refractivity (Wildman–Crippen MR) is 23.2 cm³/mol. The molecule has 0 amide bonds. The van der Waals surface area contributed by atoms with Gasteiger partial charge in [0.1, 0.15) is 6.10 Å². The molecule has 0 aliphatic carbocycles. The number of rotatable bonds is 0. The minimum absolute atomic E-state index is 0.144. The Hall–Kier alpha value is -0.480. The summed E-state index contributed by atoms with van der Waals surface area (Å²) >= 11 is 0. The molecule has 0 spiro atoms.